The molecule has 0 saturated carbocycles. The van der Waals surface area contributed by atoms with Crippen molar-refractivity contribution in [2.45, 2.75) is 18.8 Å². The Balaban J connectivity index is 2.07. The largest absolute Gasteiger partial charge is 0.408 e. The molecule has 52 valence electrons. The minimum Gasteiger partial charge on any atom is -0.408 e. The van der Waals surface area contributed by atoms with Crippen molar-refractivity contribution in [3.05, 3.63) is 0 Å². The van der Waals surface area contributed by atoms with Crippen LogP contribution in [0.2, 0.25) is 0 Å². The van der Waals surface area contributed by atoms with Crippen LogP contribution in [0.5, 0.6) is 0 Å². The highest BCUT2D eigenvalue weighted by Crippen LogP contribution is 2.28. The highest BCUT2D eigenvalue weighted by molar-refractivity contribution is 4.80. The van der Waals surface area contributed by atoms with Gasteiger partial charge in [-0.25, -0.2) is 0 Å². The summed E-state index contributed by atoms with van der Waals surface area (Å²) < 4.78 is 9.33. The van der Waals surface area contributed by atoms with Crippen LogP contribution in [0.25, 0.3) is 0 Å². The van der Waals surface area contributed by atoms with E-state index in [1.807, 2.05) is 0 Å². The number of aliphatic hydroxyl groups is 3. The molecule has 0 amide bonds. The number of hydrogen-bond donors (Lipinski definition) is 1. The van der Waals surface area contributed by atoms with E-state index in [-0.39, 0.29) is 12.4 Å². The molecule has 2 unspecified atom stereocenters. The Kier molecular flexibility index (Phi) is 1.22. The first-order valence-electron chi connectivity index (χ1n) is 3.34. The summed E-state index contributed by atoms with van der Waals surface area (Å²) in [5.41, 5.74) is 0. The van der Waals surface area contributed by atoms with Gasteiger partial charge in [0.15, 0.2) is 6.61 Å². The highest BCUT2D eigenvalue weighted by Gasteiger charge is 2.45. The van der Waals surface area contributed by atoms with E-state index in [4.69, 9.17) is 4.74 Å². The maximum atomic E-state index is 9.23. The van der Waals surface area contributed by atoms with E-state index >= 15 is 0 Å². The summed E-state index contributed by atoms with van der Waals surface area (Å²) in [5.74, 6) is 0.310. The van der Waals surface area contributed by atoms with Crippen LogP contribution in [0.15, 0.2) is 0 Å². The van der Waals surface area contributed by atoms with Crippen molar-refractivity contribution in [2.75, 3.05) is 13.2 Å². The molecule has 3 heteroatoms. The van der Waals surface area contributed by atoms with Gasteiger partial charge >= 0.3 is 0 Å². The van der Waals surface area contributed by atoms with Gasteiger partial charge in [-0.3, -0.25) is 0 Å². The predicted molar refractivity (Wildman–Crippen MR) is 30.9 cm³/mol. The van der Waals surface area contributed by atoms with Crippen molar-refractivity contribution >= 4 is 0 Å². The second-order valence-corrected chi connectivity index (χ2v) is 2.65. The van der Waals surface area contributed by atoms with E-state index in [0.29, 0.717) is 12.5 Å². The molecule has 2 aliphatic heterocycles. The van der Waals surface area contributed by atoms with E-state index in [0.717, 1.165) is 13.0 Å². The second kappa shape index (κ2) is 1.94. The first kappa shape index (κ1) is 5.65. The summed E-state index contributed by atoms with van der Waals surface area (Å²) >= 11 is 0. The molecule has 3 atom stereocenters. The topological polar surface area (TPSA) is 42.3 Å². The Hall–Kier alpha value is -0.120. The average molecular weight is 131 g/mol. The first-order chi connectivity index (χ1) is 4.38. The Morgan fingerprint density at radius 3 is 3.22 bits per heavy atom. The van der Waals surface area contributed by atoms with Crippen LogP contribution in [0.4, 0.5) is 0 Å². The van der Waals surface area contributed by atoms with Gasteiger partial charge in [0.2, 0.25) is 0 Å². The van der Waals surface area contributed by atoms with E-state index in [1.54, 1.807) is 0 Å². The minimum absolute atomic E-state index is 0.0278. The van der Waals surface area contributed by atoms with Gasteiger partial charge in [-0.15, -0.1) is 0 Å². The number of fused-ring (bicyclic) bond motifs is 1. The van der Waals surface area contributed by atoms with Crippen LogP contribution in [-0.2, 0) is 4.74 Å². The zero-order chi connectivity index (χ0) is 6.27. The van der Waals surface area contributed by atoms with Crippen LogP contribution in [-0.4, -0.2) is 35.5 Å². The molecule has 0 aliphatic carbocycles. The number of ether oxygens (including phenoxy) is 2. The molecule has 2 rings (SSSR count). The summed E-state index contributed by atoms with van der Waals surface area (Å²) in [6, 6.07) is 0. The lowest BCUT2D eigenvalue weighted by Gasteiger charge is -2.01. The zero-order valence-corrected chi connectivity index (χ0v) is 5.16. The monoisotopic (exact) mass is 131 g/mol. The van der Waals surface area contributed by atoms with Gasteiger partial charge in [0.25, 0.3) is 6.29 Å². The third-order valence-corrected chi connectivity index (χ3v) is 2.07. The lowest BCUT2D eigenvalue weighted by Crippen LogP contribution is -2.18. The summed E-state index contributed by atoms with van der Waals surface area (Å²) in [6.45, 7) is 1.35. The van der Waals surface area contributed by atoms with Gasteiger partial charge in [-0.1, -0.05) is 0 Å². The van der Waals surface area contributed by atoms with Crippen LogP contribution in [0.1, 0.15) is 6.42 Å². The lowest BCUT2D eigenvalue weighted by atomic mass is 10.0. The zero-order valence-electron chi connectivity index (χ0n) is 5.16. The summed E-state index contributed by atoms with van der Waals surface area (Å²) in [5, 5.41) is 9.23. The molecule has 9 heavy (non-hydrogen) atoms. The third kappa shape index (κ3) is 0.764. The molecule has 2 aliphatic rings. The average Bonchev–Trinajstić information content (AvgIpc) is 2.35. The van der Waals surface area contributed by atoms with Crippen LogP contribution in [0.3, 0.4) is 0 Å². The Morgan fingerprint density at radius 1 is 1.56 bits per heavy atom. The fraction of sp³-hybridized carbons (Fsp3) is 1.00. The minimum atomic E-state index is -0.225. The van der Waals surface area contributed by atoms with E-state index in [9.17, 15) is 5.11 Å². The molecular formula is C6H11O3+. The molecule has 2 fully saturated rings. The summed E-state index contributed by atoms with van der Waals surface area (Å²) in [7, 11) is 0. The van der Waals surface area contributed by atoms with Gasteiger partial charge in [-0.2, -0.15) is 0 Å². The molecule has 0 radical (unpaired) electrons. The van der Waals surface area contributed by atoms with E-state index in [1.165, 1.54) is 0 Å². The molecule has 0 spiro atoms. The fourth-order valence-electron chi connectivity index (χ4n) is 1.51. The normalized spacial score (nSPS) is 49.7. The van der Waals surface area contributed by atoms with E-state index in [2.05, 4.69) is 4.74 Å². The number of rotatable bonds is 0. The maximum absolute atomic E-state index is 9.23. The van der Waals surface area contributed by atoms with Gasteiger partial charge in [0, 0.05) is 0 Å². The third-order valence-electron chi connectivity index (χ3n) is 2.07. The van der Waals surface area contributed by atoms with E-state index < -0.39 is 0 Å². The molecule has 0 aromatic rings. The quantitative estimate of drug-likeness (QED) is 0.439. The first-order valence-corrected chi connectivity index (χ1v) is 3.34. The molecule has 0 aromatic heterocycles. The Labute approximate surface area is 53.6 Å². The standard InChI is InChI=1S/C6H10O3/c7-5-3-9-6-4(5)1-2-8-6/h4-7H,1-3H2/p+1/t4?,5?,6-/m1/s1. The molecule has 2 N–H and O–H groups in total. The van der Waals surface area contributed by atoms with Crippen LogP contribution < -0.4 is 0 Å². The van der Waals surface area contributed by atoms with Crippen molar-refractivity contribution in [3.63, 3.8) is 0 Å². The van der Waals surface area contributed by atoms with Crippen molar-refractivity contribution < 1.29 is 14.6 Å². The fourth-order valence-corrected chi connectivity index (χ4v) is 1.51. The Bertz CT molecular complexity index is 115. The van der Waals surface area contributed by atoms with Crippen LogP contribution in [0, 0.1) is 5.92 Å². The molecular weight excluding hydrogens is 120 g/mol. The van der Waals surface area contributed by atoms with Crippen LogP contribution >= 0.6 is 0 Å². The maximum Gasteiger partial charge on any atom is 0.270 e. The predicted octanol–water partition coefficient (Wildman–Crippen LogP) is -0.749. The van der Waals surface area contributed by atoms with Crippen molar-refractivity contribution in [2.24, 2.45) is 5.92 Å². The molecule has 2 heterocycles. The Morgan fingerprint density at radius 2 is 2.44 bits per heavy atom. The SMILES string of the molecule is OC1C[OH+][C@H]2OCCC12. The molecule has 2 saturated heterocycles. The second-order valence-electron chi connectivity index (χ2n) is 2.65. The van der Waals surface area contributed by atoms with Crippen molar-refractivity contribution in [3.8, 4) is 0 Å². The van der Waals surface area contributed by atoms with Crippen molar-refractivity contribution in [1.82, 2.24) is 0 Å². The smallest absolute Gasteiger partial charge is 0.270 e. The summed E-state index contributed by atoms with van der Waals surface area (Å²) in [6.07, 6.45) is 0.785. The molecule has 3 nitrogen and oxygen atoms in total. The van der Waals surface area contributed by atoms with Gasteiger partial charge < -0.3 is 14.6 Å². The van der Waals surface area contributed by atoms with Gasteiger partial charge in [-0.05, 0) is 6.42 Å². The van der Waals surface area contributed by atoms with Crippen molar-refractivity contribution in [1.29, 1.82) is 0 Å². The lowest BCUT2D eigenvalue weighted by molar-refractivity contribution is -0.195. The summed E-state index contributed by atoms with van der Waals surface area (Å²) in [4.78, 5) is 0. The highest BCUT2D eigenvalue weighted by atomic mass is 16.7. The number of hydrogen-bond acceptors (Lipinski definition) is 2. The molecule has 0 aromatic carbocycles. The molecule has 0 bridgehead atoms. The van der Waals surface area contributed by atoms with Gasteiger partial charge in [0.1, 0.15) is 6.10 Å². The number of aliphatic hydroxyl groups excluding tert-OH is 1. The van der Waals surface area contributed by atoms with Gasteiger partial charge in [0.05, 0.1) is 12.5 Å².